The Morgan fingerprint density at radius 2 is 2.19 bits per heavy atom. The van der Waals surface area contributed by atoms with Crippen LogP contribution in [0.4, 0.5) is 5.82 Å². The van der Waals surface area contributed by atoms with E-state index >= 15 is 0 Å². The topological polar surface area (TPSA) is 57.9 Å². The number of fused-ring (bicyclic) bond motifs is 1. The van der Waals surface area contributed by atoms with E-state index in [1.54, 1.807) is 7.11 Å². The largest absolute Gasteiger partial charge is 0.496 e. The molecule has 0 amide bonds. The molecule has 1 aliphatic rings. The zero-order chi connectivity index (χ0) is 14.7. The summed E-state index contributed by atoms with van der Waals surface area (Å²) in [6, 6.07) is 12.1. The standard InChI is InChI=1S/C17H17N3O/c1-21-16-8-3-2-5-13(16)11-19-17-14(10-18)9-12-6-4-7-15(12)20-17/h2-3,5,8-9H,4,6-7,11H2,1H3,(H,19,20). The van der Waals surface area contributed by atoms with Crippen LogP contribution in [-0.2, 0) is 19.4 Å². The van der Waals surface area contributed by atoms with Gasteiger partial charge in [-0.2, -0.15) is 5.26 Å². The molecule has 1 aliphatic carbocycles. The van der Waals surface area contributed by atoms with Crippen LogP contribution in [0.15, 0.2) is 30.3 Å². The predicted octanol–water partition coefficient (Wildman–Crippen LogP) is 3.06. The van der Waals surface area contributed by atoms with Crippen molar-refractivity contribution in [3.63, 3.8) is 0 Å². The zero-order valence-electron chi connectivity index (χ0n) is 12.0. The summed E-state index contributed by atoms with van der Waals surface area (Å²) >= 11 is 0. The molecule has 1 heterocycles. The van der Waals surface area contributed by atoms with Crippen molar-refractivity contribution in [2.75, 3.05) is 12.4 Å². The second kappa shape index (κ2) is 5.84. The molecule has 1 aromatic heterocycles. The van der Waals surface area contributed by atoms with Crippen LogP contribution in [-0.4, -0.2) is 12.1 Å². The smallest absolute Gasteiger partial charge is 0.144 e. The van der Waals surface area contributed by atoms with Gasteiger partial charge < -0.3 is 10.1 Å². The van der Waals surface area contributed by atoms with E-state index in [9.17, 15) is 5.26 Å². The van der Waals surface area contributed by atoms with Crippen LogP contribution in [0.5, 0.6) is 5.75 Å². The van der Waals surface area contributed by atoms with Gasteiger partial charge in [0.15, 0.2) is 0 Å². The first-order valence-electron chi connectivity index (χ1n) is 7.10. The highest BCUT2D eigenvalue weighted by Gasteiger charge is 2.16. The number of pyridine rings is 1. The molecule has 1 N–H and O–H groups in total. The Morgan fingerprint density at radius 1 is 1.33 bits per heavy atom. The van der Waals surface area contributed by atoms with Crippen molar-refractivity contribution >= 4 is 5.82 Å². The van der Waals surface area contributed by atoms with Gasteiger partial charge in [0.2, 0.25) is 0 Å². The fourth-order valence-electron chi connectivity index (χ4n) is 2.72. The Bertz CT molecular complexity index is 704. The Kier molecular flexibility index (Phi) is 3.74. The van der Waals surface area contributed by atoms with Crippen LogP contribution in [0.1, 0.15) is 28.8 Å². The van der Waals surface area contributed by atoms with Crippen molar-refractivity contribution in [2.45, 2.75) is 25.8 Å². The van der Waals surface area contributed by atoms with Gasteiger partial charge in [0.25, 0.3) is 0 Å². The molecule has 2 aromatic rings. The third-order valence-electron chi connectivity index (χ3n) is 3.81. The zero-order valence-corrected chi connectivity index (χ0v) is 12.0. The van der Waals surface area contributed by atoms with Gasteiger partial charge in [-0.25, -0.2) is 4.98 Å². The van der Waals surface area contributed by atoms with Crippen LogP contribution in [0.25, 0.3) is 0 Å². The van der Waals surface area contributed by atoms with Crippen molar-refractivity contribution in [2.24, 2.45) is 0 Å². The van der Waals surface area contributed by atoms with Gasteiger partial charge in [0.1, 0.15) is 17.6 Å². The Labute approximate surface area is 124 Å². The lowest BCUT2D eigenvalue weighted by Gasteiger charge is -2.12. The van der Waals surface area contributed by atoms with Crippen LogP contribution in [0.2, 0.25) is 0 Å². The molecule has 0 spiro atoms. The van der Waals surface area contributed by atoms with Gasteiger partial charge in [-0.05, 0) is 37.0 Å². The summed E-state index contributed by atoms with van der Waals surface area (Å²) in [5.41, 5.74) is 4.00. The second-order valence-corrected chi connectivity index (χ2v) is 5.12. The number of nitrogens with one attached hydrogen (secondary N) is 1. The van der Waals surface area contributed by atoms with Gasteiger partial charge in [-0.15, -0.1) is 0 Å². The minimum absolute atomic E-state index is 0.588. The first-order valence-corrected chi connectivity index (χ1v) is 7.10. The van der Waals surface area contributed by atoms with Crippen molar-refractivity contribution in [1.82, 2.24) is 4.98 Å². The SMILES string of the molecule is COc1ccccc1CNc1nc2c(cc1C#N)CCC2. The van der Waals surface area contributed by atoms with Gasteiger partial charge in [0, 0.05) is 17.8 Å². The third kappa shape index (κ3) is 2.68. The fraction of sp³-hybridized carbons (Fsp3) is 0.294. The van der Waals surface area contributed by atoms with E-state index in [-0.39, 0.29) is 0 Å². The molecule has 1 aromatic carbocycles. The number of aromatic nitrogens is 1. The molecular formula is C17H17N3O. The molecule has 0 fully saturated rings. The van der Waals surface area contributed by atoms with Crippen molar-refractivity contribution in [3.8, 4) is 11.8 Å². The molecule has 0 saturated carbocycles. The first-order chi connectivity index (χ1) is 10.3. The Balaban J connectivity index is 1.84. The summed E-state index contributed by atoms with van der Waals surface area (Å²) in [5, 5.41) is 12.6. The normalized spacial score (nSPS) is 12.6. The quantitative estimate of drug-likeness (QED) is 0.934. The molecular weight excluding hydrogens is 262 g/mol. The van der Waals surface area contributed by atoms with E-state index in [1.165, 1.54) is 5.56 Å². The maximum atomic E-state index is 9.29. The van der Waals surface area contributed by atoms with Crippen LogP contribution in [0.3, 0.4) is 0 Å². The number of para-hydroxylation sites is 1. The van der Waals surface area contributed by atoms with E-state index in [4.69, 9.17) is 4.74 Å². The summed E-state index contributed by atoms with van der Waals surface area (Å²) in [6.45, 7) is 0.588. The Hall–Kier alpha value is -2.54. The van der Waals surface area contributed by atoms with E-state index in [1.807, 2.05) is 30.3 Å². The second-order valence-electron chi connectivity index (χ2n) is 5.12. The van der Waals surface area contributed by atoms with Crippen LogP contribution >= 0.6 is 0 Å². The van der Waals surface area contributed by atoms with Gasteiger partial charge >= 0.3 is 0 Å². The van der Waals surface area contributed by atoms with Gasteiger partial charge in [-0.3, -0.25) is 0 Å². The minimum atomic E-state index is 0.588. The number of hydrogen-bond acceptors (Lipinski definition) is 4. The number of aryl methyl sites for hydroxylation is 2. The number of benzene rings is 1. The molecule has 4 heteroatoms. The molecule has 4 nitrogen and oxygen atoms in total. The summed E-state index contributed by atoms with van der Waals surface area (Å²) in [5.74, 6) is 1.51. The first kappa shape index (κ1) is 13.4. The third-order valence-corrected chi connectivity index (χ3v) is 3.81. The number of ether oxygens (including phenoxy) is 1. The predicted molar refractivity (Wildman–Crippen MR) is 81.3 cm³/mol. The van der Waals surface area contributed by atoms with E-state index in [0.717, 1.165) is 36.3 Å². The summed E-state index contributed by atoms with van der Waals surface area (Å²) < 4.78 is 5.34. The minimum Gasteiger partial charge on any atom is -0.496 e. The lowest BCUT2D eigenvalue weighted by Crippen LogP contribution is -2.06. The summed E-state index contributed by atoms with van der Waals surface area (Å²) in [6.07, 6.45) is 3.16. The van der Waals surface area contributed by atoms with Gasteiger partial charge in [-0.1, -0.05) is 18.2 Å². The Morgan fingerprint density at radius 3 is 3.00 bits per heavy atom. The average Bonchev–Trinajstić information content (AvgIpc) is 2.99. The van der Waals surface area contributed by atoms with E-state index < -0.39 is 0 Å². The molecule has 3 rings (SSSR count). The molecule has 0 aliphatic heterocycles. The number of nitrogens with zero attached hydrogens (tertiary/aromatic N) is 2. The lowest BCUT2D eigenvalue weighted by atomic mass is 10.1. The van der Waals surface area contributed by atoms with Crippen LogP contribution in [0, 0.1) is 11.3 Å². The molecule has 0 bridgehead atoms. The number of hydrogen-bond donors (Lipinski definition) is 1. The molecule has 0 atom stereocenters. The monoisotopic (exact) mass is 279 g/mol. The fourth-order valence-corrected chi connectivity index (χ4v) is 2.72. The van der Waals surface area contributed by atoms with Crippen molar-refractivity contribution in [3.05, 3.63) is 52.7 Å². The van der Waals surface area contributed by atoms with Crippen molar-refractivity contribution < 1.29 is 4.74 Å². The molecule has 0 unspecified atom stereocenters. The van der Waals surface area contributed by atoms with Crippen LogP contribution < -0.4 is 10.1 Å². The number of rotatable bonds is 4. The molecule has 0 radical (unpaired) electrons. The van der Waals surface area contributed by atoms with Crippen molar-refractivity contribution in [1.29, 1.82) is 5.26 Å². The van der Waals surface area contributed by atoms with E-state index in [2.05, 4.69) is 16.4 Å². The number of anilines is 1. The highest BCUT2D eigenvalue weighted by molar-refractivity contribution is 5.55. The number of nitriles is 1. The molecule has 106 valence electrons. The average molecular weight is 279 g/mol. The summed E-state index contributed by atoms with van der Waals surface area (Å²) in [4.78, 5) is 4.62. The highest BCUT2D eigenvalue weighted by Crippen LogP contribution is 2.26. The summed E-state index contributed by atoms with van der Waals surface area (Å²) in [7, 11) is 1.66. The number of methoxy groups -OCH3 is 1. The van der Waals surface area contributed by atoms with Gasteiger partial charge in [0.05, 0.1) is 12.7 Å². The lowest BCUT2D eigenvalue weighted by molar-refractivity contribution is 0.410. The maximum Gasteiger partial charge on any atom is 0.144 e. The van der Waals surface area contributed by atoms with E-state index in [0.29, 0.717) is 17.9 Å². The molecule has 0 saturated heterocycles. The molecule has 21 heavy (non-hydrogen) atoms. The maximum absolute atomic E-state index is 9.29. The highest BCUT2D eigenvalue weighted by atomic mass is 16.5.